The summed E-state index contributed by atoms with van der Waals surface area (Å²) < 4.78 is 0. The quantitative estimate of drug-likeness (QED) is 0.764. The van der Waals surface area contributed by atoms with Crippen LogP contribution in [0.1, 0.15) is 19.8 Å². The number of piperidine rings is 1. The molecule has 0 spiro atoms. The molecule has 1 aliphatic heterocycles. The lowest BCUT2D eigenvalue weighted by Crippen LogP contribution is -3.18. The third kappa shape index (κ3) is 4.12. The van der Waals surface area contributed by atoms with E-state index < -0.39 is 0 Å². The summed E-state index contributed by atoms with van der Waals surface area (Å²) in [5, 5.41) is 3.73. The summed E-state index contributed by atoms with van der Waals surface area (Å²) in [7, 11) is 0. The predicted octanol–water partition coefficient (Wildman–Crippen LogP) is 1.10. The van der Waals surface area contributed by atoms with Crippen molar-refractivity contribution < 1.29 is 14.5 Å². The third-order valence-electron chi connectivity index (χ3n) is 4.16. The molecule has 22 heavy (non-hydrogen) atoms. The van der Waals surface area contributed by atoms with E-state index in [0.29, 0.717) is 22.3 Å². The number of hydrogen-bond acceptors (Lipinski definition) is 2. The van der Waals surface area contributed by atoms with Crippen LogP contribution in [0.4, 0.5) is 5.69 Å². The number of hydrogen-bond donors (Lipinski definition) is 3. The molecule has 1 saturated heterocycles. The first-order valence-corrected chi connectivity index (χ1v) is 8.04. The van der Waals surface area contributed by atoms with Gasteiger partial charge in [-0.15, -0.1) is 0 Å². The van der Waals surface area contributed by atoms with Crippen LogP contribution in [0.5, 0.6) is 0 Å². The zero-order valence-corrected chi connectivity index (χ0v) is 13.9. The number of carbonyl (C=O) groups is 2. The Hall–Kier alpha value is -1.30. The van der Waals surface area contributed by atoms with Crippen LogP contribution in [0.3, 0.4) is 0 Å². The fourth-order valence-corrected chi connectivity index (χ4v) is 3.21. The van der Waals surface area contributed by atoms with E-state index in [4.69, 9.17) is 28.9 Å². The van der Waals surface area contributed by atoms with Gasteiger partial charge in [-0.3, -0.25) is 9.59 Å². The average molecular weight is 345 g/mol. The lowest BCUT2D eigenvalue weighted by atomic mass is 9.96. The van der Waals surface area contributed by atoms with Crippen LogP contribution in [-0.4, -0.2) is 30.9 Å². The number of nitrogens with one attached hydrogen (secondary N) is 2. The number of halogens is 2. The number of quaternary nitrogens is 1. The molecule has 1 heterocycles. The zero-order chi connectivity index (χ0) is 16.3. The van der Waals surface area contributed by atoms with Crippen molar-refractivity contribution in [3.63, 3.8) is 0 Å². The van der Waals surface area contributed by atoms with E-state index in [0.717, 1.165) is 24.3 Å². The Morgan fingerprint density at radius 2 is 2.14 bits per heavy atom. The summed E-state index contributed by atoms with van der Waals surface area (Å²) >= 11 is 11.9. The monoisotopic (exact) mass is 344 g/mol. The molecule has 1 aromatic rings. The molecule has 1 aliphatic rings. The summed E-state index contributed by atoms with van der Waals surface area (Å²) in [6.45, 7) is 3.29. The molecule has 2 rings (SSSR count). The van der Waals surface area contributed by atoms with E-state index in [2.05, 4.69) is 5.32 Å². The number of anilines is 1. The highest BCUT2D eigenvalue weighted by molar-refractivity contribution is 6.36. The van der Waals surface area contributed by atoms with E-state index in [9.17, 15) is 9.59 Å². The Labute approximate surface area is 139 Å². The Morgan fingerprint density at radius 1 is 1.41 bits per heavy atom. The van der Waals surface area contributed by atoms with E-state index in [1.54, 1.807) is 18.2 Å². The van der Waals surface area contributed by atoms with Crippen molar-refractivity contribution in [1.29, 1.82) is 0 Å². The van der Waals surface area contributed by atoms with Crippen molar-refractivity contribution in [3.8, 4) is 0 Å². The topological polar surface area (TPSA) is 76.6 Å². The molecular weight excluding hydrogens is 325 g/mol. The van der Waals surface area contributed by atoms with Gasteiger partial charge in [0, 0.05) is 5.02 Å². The molecule has 1 aromatic carbocycles. The van der Waals surface area contributed by atoms with Crippen LogP contribution in [0.25, 0.3) is 0 Å². The summed E-state index contributed by atoms with van der Waals surface area (Å²) in [6.07, 6.45) is 1.69. The molecular formula is C15H20Cl2N3O2+. The van der Waals surface area contributed by atoms with E-state index in [-0.39, 0.29) is 23.8 Å². The fraction of sp³-hybridized carbons (Fsp3) is 0.467. The van der Waals surface area contributed by atoms with Crippen LogP contribution in [0.15, 0.2) is 18.2 Å². The minimum absolute atomic E-state index is 0.135. The van der Waals surface area contributed by atoms with E-state index >= 15 is 0 Å². The van der Waals surface area contributed by atoms with Gasteiger partial charge in [0.2, 0.25) is 5.91 Å². The Balaban J connectivity index is 2.01. The molecule has 120 valence electrons. The lowest BCUT2D eigenvalue weighted by Gasteiger charge is -2.32. The van der Waals surface area contributed by atoms with Gasteiger partial charge >= 0.3 is 0 Å². The molecule has 3 atom stereocenters. The lowest BCUT2D eigenvalue weighted by molar-refractivity contribution is -0.921. The van der Waals surface area contributed by atoms with Crippen LogP contribution >= 0.6 is 23.2 Å². The van der Waals surface area contributed by atoms with Crippen LogP contribution in [0, 0.1) is 5.92 Å². The number of likely N-dealkylation sites (tertiary alicyclic amines) is 1. The first-order chi connectivity index (χ1) is 10.4. The van der Waals surface area contributed by atoms with Crippen molar-refractivity contribution in [1.82, 2.24) is 0 Å². The number of rotatable bonds is 4. The summed E-state index contributed by atoms with van der Waals surface area (Å²) in [4.78, 5) is 24.8. The van der Waals surface area contributed by atoms with Crippen LogP contribution < -0.4 is 16.0 Å². The summed E-state index contributed by atoms with van der Waals surface area (Å²) in [6, 6.07) is 4.65. The normalized spacial score (nSPS) is 22.9. The molecule has 4 N–H and O–H groups in total. The number of primary amides is 1. The van der Waals surface area contributed by atoms with Gasteiger partial charge in [0.1, 0.15) is 0 Å². The van der Waals surface area contributed by atoms with Crippen molar-refractivity contribution >= 4 is 40.7 Å². The molecule has 0 bridgehead atoms. The van der Waals surface area contributed by atoms with Crippen LogP contribution in [0.2, 0.25) is 10.0 Å². The molecule has 2 amide bonds. The van der Waals surface area contributed by atoms with E-state index in [1.165, 1.54) is 0 Å². The van der Waals surface area contributed by atoms with Crippen molar-refractivity contribution in [3.05, 3.63) is 28.2 Å². The average Bonchev–Trinajstić information content (AvgIpc) is 2.49. The molecule has 7 heteroatoms. The van der Waals surface area contributed by atoms with Gasteiger partial charge in [-0.25, -0.2) is 0 Å². The fourth-order valence-electron chi connectivity index (χ4n) is 2.75. The van der Waals surface area contributed by atoms with Gasteiger partial charge in [0.15, 0.2) is 6.04 Å². The second-order valence-electron chi connectivity index (χ2n) is 5.69. The number of amides is 2. The Kier molecular flexibility index (Phi) is 5.67. The molecule has 0 radical (unpaired) electrons. The molecule has 0 saturated carbocycles. The molecule has 1 unspecified atom stereocenters. The standard InChI is InChI=1S/C15H19Cl2N3O2/c1-9(20-6-2-3-10(8-20)14(18)21)15(22)19-13-5-4-11(16)7-12(13)17/h4-5,7,9-10H,2-3,6,8H2,1H3,(H2,18,21)(H,19,22)/p+1/t9-,10+/m1/s1. The SMILES string of the molecule is C[C@H](C(=O)Nc1ccc(Cl)cc1Cl)[NH+]1CCC[C@H](C(N)=O)C1. The largest absolute Gasteiger partial charge is 0.369 e. The third-order valence-corrected chi connectivity index (χ3v) is 4.70. The maximum absolute atomic E-state index is 12.4. The van der Waals surface area contributed by atoms with Gasteiger partial charge in [-0.05, 0) is 38.0 Å². The molecule has 0 aliphatic carbocycles. The van der Waals surface area contributed by atoms with Crippen LogP contribution in [-0.2, 0) is 9.59 Å². The first kappa shape index (κ1) is 17.1. The predicted molar refractivity (Wildman–Crippen MR) is 87.2 cm³/mol. The highest BCUT2D eigenvalue weighted by atomic mass is 35.5. The smallest absolute Gasteiger partial charge is 0.282 e. The van der Waals surface area contributed by atoms with Crippen molar-refractivity contribution in [2.75, 3.05) is 18.4 Å². The number of nitrogens with two attached hydrogens (primary N) is 1. The zero-order valence-electron chi connectivity index (χ0n) is 12.4. The maximum Gasteiger partial charge on any atom is 0.282 e. The highest BCUT2D eigenvalue weighted by Gasteiger charge is 2.33. The Bertz CT molecular complexity index is 580. The summed E-state index contributed by atoms with van der Waals surface area (Å²) in [5.74, 6) is -0.576. The first-order valence-electron chi connectivity index (χ1n) is 7.28. The minimum Gasteiger partial charge on any atom is -0.369 e. The van der Waals surface area contributed by atoms with Gasteiger partial charge < -0.3 is 16.0 Å². The Morgan fingerprint density at radius 3 is 2.77 bits per heavy atom. The second-order valence-corrected chi connectivity index (χ2v) is 6.53. The van der Waals surface area contributed by atoms with E-state index in [1.807, 2.05) is 6.92 Å². The summed E-state index contributed by atoms with van der Waals surface area (Å²) in [5.41, 5.74) is 5.91. The van der Waals surface area contributed by atoms with Gasteiger partial charge in [0.25, 0.3) is 5.91 Å². The molecule has 0 aromatic heterocycles. The van der Waals surface area contributed by atoms with Crippen molar-refractivity contribution in [2.24, 2.45) is 11.7 Å². The van der Waals surface area contributed by atoms with Gasteiger partial charge in [-0.2, -0.15) is 0 Å². The molecule has 1 fully saturated rings. The van der Waals surface area contributed by atoms with Gasteiger partial charge in [-0.1, -0.05) is 23.2 Å². The second kappa shape index (κ2) is 7.31. The van der Waals surface area contributed by atoms with Crippen molar-refractivity contribution in [2.45, 2.75) is 25.8 Å². The highest BCUT2D eigenvalue weighted by Crippen LogP contribution is 2.25. The minimum atomic E-state index is -0.287. The molecule has 5 nitrogen and oxygen atoms in total. The number of carbonyl (C=O) groups excluding carboxylic acids is 2. The maximum atomic E-state index is 12.4. The van der Waals surface area contributed by atoms with Gasteiger partial charge in [0.05, 0.1) is 29.7 Å². The number of benzene rings is 1.